The Hall–Kier alpha value is -1.36. The highest BCUT2D eigenvalue weighted by Gasteiger charge is 2.24. The van der Waals surface area contributed by atoms with Crippen LogP contribution in [0.25, 0.3) is 10.8 Å². The number of hydrogen-bond acceptors (Lipinski definition) is 3. The van der Waals surface area contributed by atoms with Gasteiger partial charge in [-0.3, -0.25) is 9.29 Å². The monoisotopic (exact) mass is 338 g/mol. The van der Waals surface area contributed by atoms with Crippen molar-refractivity contribution in [3.05, 3.63) is 42.0 Å². The molecule has 0 aliphatic carbocycles. The molecule has 1 saturated heterocycles. The van der Waals surface area contributed by atoms with E-state index in [0.717, 1.165) is 37.3 Å². The van der Waals surface area contributed by atoms with Crippen LogP contribution in [-0.2, 0) is 0 Å². The number of alkyl halides is 1. The van der Waals surface area contributed by atoms with Gasteiger partial charge in [0.2, 0.25) is 0 Å². The number of halogens is 2. The molecule has 23 heavy (non-hydrogen) atoms. The predicted molar refractivity (Wildman–Crippen MR) is 95.5 cm³/mol. The lowest BCUT2D eigenvalue weighted by Crippen LogP contribution is -2.45. The third-order valence-corrected chi connectivity index (χ3v) is 4.47. The number of nitrogens with zero attached hydrogens (tertiary/aromatic N) is 1. The van der Waals surface area contributed by atoms with Gasteiger partial charge >= 0.3 is 0 Å². The summed E-state index contributed by atoms with van der Waals surface area (Å²) in [6.07, 6.45) is 0.538. The van der Waals surface area contributed by atoms with Crippen molar-refractivity contribution in [3.63, 3.8) is 0 Å². The maximum absolute atomic E-state index is 13.2. The van der Waals surface area contributed by atoms with E-state index in [4.69, 9.17) is 4.74 Å². The van der Waals surface area contributed by atoms with Gasteiger partial charge in [0.1, 0.15) is 5.75 Å². The van der Waals surface area contributed by atoms with Crippen molar-refractivity contribution >= 4 is 23.2 Å². The summed E-state index contributed by atoms with van der Waals surface area (Å²) in [6.45, 7) is 3.57. The number of rotatable bonds is 5. The maximum atomic E-state index is 13.2. The second-order valence-corrected chi connectivity index (χ2v) is 5.68. The molecule has 1 N–H and O–H groups in total. The van der Waals surface area contributed by atoms with Crippen molar-refractivity contribution < 1.29 is 9.13 Å². The van der Waals surface area contributed by atoms with Crippen molar-refractivity contribution in [3.8, 4) is 5.75 Å². The van der Waals surface area contributed by atoms with E-state index in [1.807, 2.05) is 18.2 Å². The normalized spacial score (nSPS) is 16.8. The van der Waals surface area contributed by atoms with Gasteiger partial charge in [-0.1, -0.05) is 30.3 Å². The average Bonchev–Trinajstić information content (AvgIpc) is 2.60. The number of piperazine rings is 1. The van der Waals surface area contributed by atoms with Gasteiger partial charge in [0.15, 0.2) is 0 Å². The van der Waals surface area contributed by atoms with Crippen LogP contribution in [0.4, 0.5) is 4.39 Å². The molecule has 126 valence electrons. The molecule has 2 aromatic carbocycles. The molecule has 3 rings (SSSR count). The van der Waals surface area contributed by atoms with Gasteiger partial charge in [0.25, 0.3) is 0 Å². The van der Waals surface area contributed by atoms with E-state index < -0.39 is 0 Å². The van der Waals surface area contributed by atoms with Gasteiger partial charge in [-0.25, -0.2) is 0 Å². The molecule has 3 nitrogen and oxygen atoms in total. The highest BCUT2D eigenvalue weighted by atomic mass is 35.5. The summed E-state index contributed by atoms with van der Waals surface area (Å²) in [4.78, 5) is 2.39. The molecule has 1 heterocycles. The molecule has 5 heteroatoms. The summed E-state index contributed by atoms with van der Waals surface area (Å²) in [5.41, 5.74) is 1.20. The molecule has 0 bridgehead atoms. The first-order chi connectivity index (χ1) is 10.8. The van der Waals surface area contributed by atoms with E-state index in [-0.39, 0.29) is 25.1 Å². The first-order valence-electron chi connectivity index (χ1n) is 7.91. The highest BCUT2D eigenvalue weighted by molar-refractivity contribution is 5.91. The summed E-state index contributed by atoms with van der Waals surface area (Å²) >= 11 is 0. The standard InChI is InChI=1S/C18H23FN2O.ClH/c1-22-18-7-6-15(14-4-2-3-5-16(14)18)17(8-9-19)21-12-10-20-11-13-21;/h2-7,17,20H,8-13H2,1H3;1H/t17-;/m0./s1. The Bertz CT molecular complexity index is 631. The molecule has 0 amide bonds. The topological polar surface area (TPSA) is 24.5 Å². The van der Waals surface area contributed by atoms with Crippen molar-refractivity contribution in [1.29, 1.82) is 0 Å². The van der Waals surface area contributed by atoms with Gasteiger partial charge in [0.05, 0.1) is 13.8 Å². The number of hydrogen-bond donors (Lipinski definition) is 1. The second kappa shape index (κ2) is 8.48. The van der Waals surface area contributed by atoms with Crippen molar-refractivity contribution in [2.45, 2.75) is 12.5 Å². The lowest BCUT2D eigenvalue weighted by atomic mass is 9.95. The Morgan fingerprint density at radius 2 is 1.83 bits per heavy atom. The van der Waals surface area contributed by atoms with Gasteiger partial charge in [0, 0.05) is 37.6 Å². The molecule has 0 radical (unpaired) electrons. The molecule has 0 unspecified atom stereocenters. The van der Waals surface area contributed by atoms with Crippen molar-refractivity contribution in [1.82, 2.24) is 10.2 Å². The zero-order valence-corrected chi connectivity index (χ0v) is 14.2. The molecular weight excluding hydrogens is 315 g/mol. The Morgan fingerprint density at radius 3 is 2.48 bits per heavy atom. The lowest BCUT2D eigenvalue weighted by molar-refractivity contribution is 0.158. The van der Waals surface area contributed by atoms with Crippen LogP contribution >= 0.6 is 12.4 Å². The molecular formula is C18H24ClFN2O. The Labute approximate surface area is 143 Å². The SMILES string of the molecule is COc1ccc([C@H](CCF)N2CCNCC2)c2ccccc12.Cl. The van der Waals surface area contributed by atoms with Crippen LogP contribution in [0.3, 0.4) is 0 Å². The zero-order chi connectivity index (χ0) is 15.4. The number of ether oxygens (including phenoxy) is 1. The van der Waals surface area contributed by atoms with Crippen LogP contribution in [0.2, 0.25) is 0 Å². The quantitative estimate of drug-likeness (QED) is 0.902. The first kappa shape index (κ1) is 18.0. The summed E-state index contributed by atoms with van der Waals surface area (Å²) in [7, 11) is 1.69. The van der Waals surface area contributed by atoms with E-state index in [9.17, 15) is 4.39 Å². The lowest BCUT2D eigenvalue weighted by Gasteiger charge is -2.35. The average molecular weight is 339 g/mol. The van der Waals surface area contributed by atoms with Crippen LogP contribution in [-0.4, -0.2) is 44.9 Å². The number of fused-ring (bicyclic) bond motifs is 1. The Morgan fingerprint density at radius 1 is 1.13 bits per heavy atom. The van der Waals surface area contributed by atoms with Gasteiger partial charge in [-0.2, -0.15) is 0 Å². The van der Waals surface area contributed by atoms with Crippen molar-refractivity contribution in [2.75, 3.05) is 40.0 Å². The summed E-state index contributed by atoms with van der Waals surface area (Å²) < 4.78 is 18.6. The minimum absolute atomic E-state index is 0. The van der Waals surface area contributed by atoms with Crippen LogP contribution in [0.5, 0.6) is 5.75 Å². The smallest absolute Gasteiger partial charge is 0.126 e. The Balaban J connectivity index is 0.00000192. The molecule has 1 aliphatic rings. The molecule has 0 saturated carbocycles. The molecule has 0 spiro atoms. The van der Waals surface area contributed by atoms with Gasteiger partial charge in [-0.05, 0) is 23.4 Å². The second-order valence-electron chi connectivity index (χ2n) is 5.68. The zero-order valence-electron chi connectivity index (χ0n) is 13.4. The van der Waals surface area contributed by atoms with E-state index >= 15 is 0 Å². The van der Waals surface area contributed by atoms with Crippen LogP contribution in [0.15, 0.2) is 36.4 Å². The Kier molecular flexibility index (Phi) is 6.63. The summed E-state index contributed by atoms with van der Waals surface area (Å²) in [5.74, 6) is 0.874. The van der Waals surface area contributed by atoms with E-state index in [1.54, 1.807) is 7.11 Å². The molecule has 0 aromatic heterocycles. The van der Waals surface area contributed by atoms with E-state index in [2.05, 4.69) is 28.4 Å². The maximum Gasteiger partial charge on any atom is 0.126 e. The molecule has 2 aromatic rings. The first-order valence-corrected chi connectivity index (χ1v) is 7.91. The molecule has 1 atom stereocenters. The molecule has 1 fully saturated rings. The minimum Gasteiger partial charge on any atom is -0.496 e. The predicted octanol–water partition coefficient (Wildman–Crippen LogP) is 3.58. The van der Waals surface area contributed by atoms with Gasteiger partial charge < -0.3 is 10.1 Å². The summed E-state index contributed by atoms with van der Waals surface area (Å²) in [5, 5.41) is 5.63. The fourth-order valence-corrected chi connectivity index (χ4v) is 3.40. The summed E-state index contributed by atoms with van der Waals surface area (Å²) in [6, 6.07) is 12.5. The third-order valence-electron chi connectivity index (χ3n) is 4.47. The van der Waals surface area contributed by atoms with Crippen LogP contribution < -0.4 is 10.1 Å². The van der Waals surface area contributed by atoms with E-state index in [0.29, 0.717) is 6.42 Å². The highest BCUT2D eigenvalue weighted by Crippen LogP contribution is 2.35. The third kappa shape index (κ3) is 3.77. The van der Waals surface area contributed by atoms with Crippen LogP contribution in [0, 0.1) is 0 Å². The molecule has 1 aliphatic heterocycles. The van der Waals surface area contributed by atoms with E-state index in [1.165, 1.54) is 10.9 Å². The number of methoxy groups -OCH3 is 1. The van der Waals surface area contributed by atoms with Crippen molar-refractivity contribution in [2.24, 2.45) is 0 Å². The van der Waals surface area contributed by atoms with Gasteiger partial charge in [-0.15, -0.1) is 12.4 Å². The fourth-order valence-electron chi connectivity index (χ4n) is 3.40. The number of nitrogens with one attached hydrogen (secondary N) is 1. The minimum atomic E-state index is -0.297. The van der Waals surface area contributed by atoms with Crippen LogP contribution in [0.1, 0.15) is 18.0 Å². The largest absolute Gasteiger partial charge is 0.496 e. The number of benzene rings is 2. The fraction of sp³-hybridized carbons (Fsp3) is 0.444.